The van der Waals surface area contributed by atoms with Crippen molar-refractivity contribution in [1.29, 1.82) is 0 Å². The first-order chi connectivity index (χ1) is 7.35. The van der Waals surface area contributed by atoms with Crippen LogP contribution in [0.4, 0.5) is 10.1 Å². The zero-order valence-electron chi connectivity index (χ0n) is 8.40. The predicted molar refractivity (Wildman–Crippen MR) is 56.4 cm³/mol. The highest BCUT2D eigenvalue weighted by Crippen LogP contribution is 2.15. The molecule has 0 heterocycles. The lowest BCUT2D eigenvalue weighted by molar-refractivity contribution is 0.0692. The molecule has 1 rings (SSSR count). The van der Waals surface area contributed by atoms with Crippen molar-refractivity contribution in [1.82, 2.24) is 0 Å². The van der Waals surface area contributed by atoms with Crippen molar-refractivity contribution in [2.75, 3.05) is 10.5 Å². The van der Waals surface area contributed by atoms with E-state index in [-0.39, 0.29) is 11.4 Å². The van der Waals surface area contributed by atoms with Crippen LogP contribution in [0.25, 0.3) is 0 Å². The molecule has 0 saturated heterocycles. The van der Waals surface area contributed by atoms with Crippen molar-refractivity contribution in [2.24, 2.45) is 0 Å². The molecule has 0 spiro atoms. The molecule has 0 aliphatic carbocycles. The summed E-state index contributed by atoms with van der Waals surface area (Å²) in [5.74, 6) is -2.53. The van der Waals surface area contributed by atoms with Gasteiger partial charge in [-0.25, -0.2) is 17.6 Å². The summed E-state index contributed by atoms with van der Waals surface area (Å²) in [5, 5.41) is 8.56. The monoisotopic (exact) mass is 247 g/mol. The minimum Gasteiger partial charge on any atom is -0.478 e. The molecule has 0 fully saturated rings. The van der Waals surface area contributed by atoms with Gasteiger partial charge in [0.15, 0.2) is 0 Å². The molecule has 0 bridgehead atoms. The van der Waals surface area contributed by atoms with Crippen molar-refractivity contribution < 1.29 is 22.7 Å². The number of hydrogen-bond acceptors (Lipinski definition) is 3. The van der Waals surface area contributed by atoms with Gasteiger partial charge in [-0.05, 0) is 25.1 Å². The summed E-state index contributed by atoms with van der Waals surface area (Å²) < 4.78 is 37.6. The second-order valence-corrected chi connectivity index (χ2v) is 5.02. The first-order valence-corrected chi connectivity index (χ1v) is 6.04. The van der Waals surface area contributed by atoms with Crippen LogP contribution in [-0.2, 0) is 10.0 Å². The molecule has 5 nitrogen and oxygen atoms in total. The zero-order chi connectivity index (χ0) is 12.3. The molecule has 88 valence electrons. The predicted octanol–water partition coefficient (Wildman–Crippen LogP) is 1.29. The van der Waals surface area contributed by atoms with E-state index < -0.39 is 27.4 Å². The van der Waals surface area contributed by atoms with Crippen LogP contribution in [0, 0.1) is 5.82 Å². The molecule has 1 aromatic rings. The highest BCUT2D eigenvalue weighted by atomic mass is 32.2. The van der Waals surface area contributed by atoms with E-state index in [9.17, 15) is 17.6 Å². The van der Waals surface area contributed by atoms with E-state index in [1.54, 1.807) is 0 Å². The number of sulfonamides is 1. The Morgan fingerprint density at radius 2 is 2.12 bits per heavy atom. The van der Waals surface area contributed by atoms with E-state index in [0.717, 1.165) is 12.1 Å². The van der Waals surface area contributed by atoms with Gasteiger partial charge in [0, 0.05) is 0 Å². The van der Waals surface area contributed by atoms with Gasteiger partial charge in [-0.15, -0.1) is 0 Å². The van der Waals surface area contributed by atoms with Crippen LogP contribution in [0.5, 0.6) is 0 Å². The van der Waals surface area contributed by atoms with Crippen LogP contribution in [-0.4, -0.2) is 25.2 Å². The van der Waals surface area contributed by atoms with Crippen LogP contribution >= 0.6 is 0 Å². The number of carbonyl (C=O) groups is 1. The second kappa shape index (κ2) is 4.48. The van der Waals surface area contributed by atoms with Gasteiger partial charge in [0.1, 0.15) is 5.82 Å². The van der Waals surface area contributed by atoms with Gasteiger partial charge in [0.25, 0.3) is 0 Å². The molecular weight excluding hydrogens is 237 g/mol. The number of benzene rings is 1. The second-order valence-electron chi connectivity index (χ2n) is 3.01. The van der Waals surface area contributed by atoms with Gasteiger partial charge >= 0.3 is 5.97 Å². The van der Waals surface area contributed by atoms with Crippen LogP contribution in [0.3, 0.4) is 0 Å². The van der Waals surface area contributed by atoms with Crippen molar-refractivity contribution in [2.45, 2.75) is 6.92 Å². The van der Waals surface area contributed by atoms with Gasteiger partial charge in [0.2, 0.25) is 10.0 Å². The maximum Gasteiger partial charge on any atom is 0.338 e. The molecule has 0 radical (unpaired) electrons. The van der Waals surface area contributed by atoms with Gasteiger partial charge in [-0.3, -0.25) is 4.72 Å². The third-order valence-electron chi connectivity index (χ3n) is 1.85. The Morgan fingerprint density at radius 3 is 2.56 bits per heavy atom. The number of carboxylic acids is 1. The number of rotatable bonds is 4. The molecule has 0 aromatic heterocycles. The largest absolute Gasteiger partial charge is 0.478 e. The lowest BCUT2D eigenvalue weighted by Gasteiger charge is -2.06. The highest BCUT2D eigenvalue weighted by Gasteiger charge is 2.12. The van der Waals surface area contributed by atoms with Gasteiger partial charge < -0.3 is 5.11 Å². The van der Waals surface area contributed by atoms with Gasteiger partial charge in [0.05, 0.1) is 17.0 Å². The normalized spacial score (nSPS) is 11.1. The lowest BCUT2D eigenvalue weighted by Crippen LogP contribution is -2.15. The van der Waals surface area contributed by atoms with E-state index in [4.69, 9.17) is 5.11 Å². The summed E-state index contributed by atoms with van der Waals surface area (Å²) in [6.45, 7) is 1.43. The number of hydrogen-bond donors (Lipinski definition) is 2. The maximum atomic E-state index is 13.2. The third kappa shape index (κ3) is 2.93. The Hall–Kier alpha value is -1.63. The van der Waals surface area contributed by atoms with E-state index in [1.165, 1.54) is 13.0 Å². The minimum atomic E-state index is -3.49. The van der Waals surface area contributed by atoms with Crippen molar-refractivity contribution >= 4 is 21.7 Å². The zero-order valence-corrected chi connectivity index (χ0v) is 9.21. The molecule has 0 aliphatic rings. The van der Waals surface area contributed by atoms with Crippen LogP contribution < -0.4 is 4.72 Å². The topological polar surface area (TPSA) is 83.5 Å². The van der Waals surface area contributed by atoms with E-state index >= 15 is 0 Å². The maximum absolute atomic E-state index is 13.2. The third-order valence-corrected chi connectivity index (χ3v) is 3.16. The molecule has 0 atom stereocenters. The average molecular weight is 247 g/mol. The lowest BCUT2D eigenvalue weighted by atomic mass is 10.2. The van der Waals surface area contributed by atoms with Crippen LogP contribution in [0.2, 0.25) is 0 Å². The van der Waals surface area contributed by atoms with E-state index in [0.29, 0.717) is 0 Å². The molecule has 1 aromatic carbocycles. The minimum absolute atomic E-state index is 0.00403. The number of halogens is 1. The molecule has 0 saturated carbocycles. The number of nitrogens with one attached hydrogen (secondary N) is 1. The summed E-state index contributed by atoms with van der Waals surface area (Å²) in [7, 11) is -3.49. The van der Waals surface area contributed by atoms with Gasteiger partial charge in [-0.1, -0.05) is 0 Å². The number of aromatic carboxylic acids is 1. The van der Waals surface area contributed by atoms with Crippen LogP contribution in [0.1, 0.15) is 17.3 Å². The standard InChI is InChI=1S/C9H10FNO4S/c1-2-16(14,15)11-6-3-4-7(9(12)13)8(10)5-6/h3-5,11H,2H2,1H3,(H,12,13). The summed E-state index contributed by atoms with van der Waals surface area (Å²) >= 11 is 0. The van der Waals surface area contributed by atoms with Gasteiger partial charge in [-0.2, -0.15) is 0 Å². The Bertz CT molecular complexity index is 512. The smallest absolute Gasteiger partial charge is 0.338 e. The fourth-order valence-electron chi connectivity index (χ4n) is 1.00. The Labute approximate surface area is 92.0 Å². The van der Waals surface area contributed by atoms with Crippen molar-refractivity contribution in [3.05, 3.63) is 29.6 Å². The molecule has 7 heteroatoms. The first-order valence-electron chi connectivity index (χ1n) is 4.39. The fourth-order valence-corrected chi connectivity index (χ4v) is 1.63. The summed E-state index contributed by atoms with van der Waals surface area (Å²) in [6.07, 6.45) is 0. The molecule has 16 heavy (non-hydrogen) atoms. The summed E-state index contributed by atoms with van der Waals surface area (Å²) in [6, 6.07) is 3.03. The Kier molecular flexibility index (Phi) is 3.48. The fraction of sp³-hybridized carbons (Fsp3) is 0.222. The van der Waals surface area contributed by atoms with E-state index in [2.05, 4.69) is 4.72 Å². The first kappa shape index (κ1) is 12.4. The number of anilines is 1. The molecule has 2 N–H and O–H groups in total. The summed E-state index contributed by atoms with van der Waals surface area (Å²) in [4.78, 5) is 10.5. The average Bonchev–Trinajstić information content (AvgIpc) is 2.16. The Morgan fingerprint density at radius 1 is 1.50 bits per heavy atom. The molecular formula is C9H10FNO4S. The van der Waals surface area contributed by atoms with Crippen molar-refractivity contribution in [3.8, 4) is 0 Å². The van der Waals surface area contributed by atoms with Crippen molar-refractivity contribution in [3.63, 3.8) is 0 Å². The molecule has 0 aliphatic heterocycles. The summed E-state index contributed by atoms with van der Waals surface area (Å²) in [5.41, 5.74) is -0.496. The SMILES string of the molecule is CCS(=O)(=O)Nc1ccc(C(=O)O)c(F)c1. The Balaban J connectivity index is 3.03. The molecule has 0 unspecified atom stereocenters. The highest BCUT2D eigenvalue weighted by molar-refractivity contribution is 7.92. The molecule has 0 amide bonds. The van der Waals surface area contributed by atoms with E-state index in [1.807, 2.05) is 0 Å². The van der Waals surface area contributed by atoms with Crippen LogP contribution in [0.15, 0.2) is 18.2 Å². The number of carboxylic acid groups (broad SMARTS) is 1. The quantitative estimate of drug-likeness (QED) is 0.839.